The van der Waals surface area contributed by atoms with Gasteiger partial charge in [0.25, 0.3) is 0 Å². The molecular formula is C15H15Cl2NO. The number of rotatable bonds is 4. The number of hydrogen-bond acceptors (Lipinski definition) is 2. The van der Waals surface area contributed by atoms with Crippen molar-refractivity contribution in [3.8, 4) is 5.75 Å². The molecule has 100 valence electrons. The van der Waals surface area contributed by atoms with Crippen LogP contribution in [0.25, 0.3) is 0 Å². The first kappa shape index (κ1) is 14.2. The van der Waals surface area contributed by atoms with E-state index in [1.807, 2.05) is 30.3 Å². The molecule has 0 aromatic heterocycles. The Morgan fingerprint density at radius 2 is 1.53 bits per heavy atom. The first-order valence-corrected chi connectivity index (χ1v) is 6.78. The van der Waals surface area contributed by atoms with Gasteiger partial charge < -0.3 is 10.8 Å². The molecule has 0 bridgehead atoms. The number of hydrogen-bond donors (Lipinski definition) is 2. The molecule has 19 heavy (non-hydrogen) atoms. The molecule has 0 aliphatic heterocycles. The van der Waals surface area contributed by atoms with Crippen LogP contribution in [-0.4, -0.2) is 11.1 Å². The fraction of sp³-hybridized carbons (Fsp3) is 0.200. The Morgan fingerprint density at radius 1 is 0.947 bits per heavy atom. The van der Waals surface area contributed by atoms with Gasteiger partial charge in [0.05, 0.1) is 0 Å². The third kappa shape index (κ3) is 3.87. The minimum atomic E-state index is -0.0676. The average Bonchev–Trinajstić information content (AvgIpc) is 2.37. The Kier molecular flexibility index (Phi) is 4.70. The Labute approximate surface area is 122 Å². The van der Waals surface area contributed by atoms with E-state index < -0.39 is 0 Å². The van der Waals surface area contributed by atoms with E-state index in [9.17, 15) is 5.11 Å². The van der Waals surface area contributed by atoms with E-state index in [0.29, 0.717) is 22.9 Å². The second kappa shape index (κ2) is 6.29. The molecule has 0 saturated carbocycles. The van der Waals surface area contributed by atoms with E-state index in [-0.39, 0.29) is 11.8 Å². The van der Waals surface area contributed by atoms with Crippen molar-refractivity contribution in [1.82, 2.24) is 0 Å². The van der Waals surface area contributed by atoms with Gasteiger partial charge in [-0.25, -0.2) is 0 Å². The van der Waals surface area contributed by atoms with Crippen LogP contribution < -0.4 is 5.73 Å². The second-order valence-corrected chi connectivity index (χ2v) is 5.35. The van der Waals surface area contributed by atoms with Gasteiger partial charge in [-0.15, -0.1) is 0 Å². The van der Waals surface area contributed by atoms with Crippen LogP contribution in [-0.2, 0) is 12.8 Å². The first-order chi connectivity index (χ1) is 9.06. The summed E-state index contributed by atoms with van der Waals surface area (Å²) in [6, 6.07) is 12.4. The van der Waals surface area contributed by atoms with Crippen molar-refractivity contribution in [3.05, 3.63) is 63.6 Å². The van der Waals surface area contributed by atoms with Crippen LogP contribution in [0, 0.1) is 0 Å². The molecule has 2 aromatic carbocycles. The molecule has 2 aromatic rings. The van der Waals surface area contributed by atoms with E-state index in [0.717, 1.165) is 11.1 Å². The number of halogens is 2. The molecule has 3 N–H and O–H groups in total. The summed E-state index contributed by atoms with van der Waals surface area (Å²) >= 11 is 12.2. The molecule has 0 spiro atoms. The highest BCUT2D eigenvalue weighted by molar-refractivity contribution is 6.36. The zero-order valence-electron chi connectivity index (χ0n) is 10.3. The highest BCUT2D eigenvalue weighted by Crippen LogP contribution is 2.25. The topological polar surface area (TPSA) is 46.2 Å². The minimum Gasteiger partial charge on any atom is -0.508 e. The van der Waals surface area contributed by atoms with Crippen LogP contribution in [0.3, 0.4) is 0 Å². The molecule has 0 fully saturated rings. The lowest BCUT2D eigenvalue weighted by atomic mass is 9.99. The summed E-state index contributed by atoms with van der Waals surface area (Å²) < 4.78 is 0. The molecule has 1 unspecified atom stereocenters. The van der Waals surface area contributed by atoms with Gasteiger partial charge in [-0.3, -0.25) is 0 Å². The molecule has 0 heterocycles. The van der Waals surface area contributed by atoms with E-state index in [4.69, 9.17) is 28.9 Å². The zero-order valence-corrected chi connectivity index (χ0v) is 11.8. The normalized spacial score (nSPS) is 12.4. The van der Waals surface area contributed by atoms with Crippen LogP contribution >= 0.6 is 23.2 Å². The molecule has 2 rings (SSSR count). The predicted octanol–water partition coefficient (Wildman–Crippen LogP) is 3.81. The molecule has 4 heteroatoms. The van der Waals surface area contributed by atoms with Gasteiger partial charge >= 0.3 is 0 Å². The van der Waals surface area contributed by atoms with Crippen LogP contribution in [0.15, 0.2) is 42.5 Å². The van der Waals surface area contributed by atoms with E-state index in [1.54, 1.807) is 12.1 Å². The average molecular weight is 296 g/mol. The molecule has 0 amide bonds. The maximum Gasteiger partial charge on any atom is 0.115 e. The fourth-order valence-electron chi connectivity index (χ4n) is 2.00. The van der Waals surface area contributed by atoms with Crippen molar-refractivity contribution >= 4 is 23.2 Å². The van der Waals surface area contributed by atoms with Crippen molar-refractivity contribution in [2.45, 2.75) is 18.9 Å². The predicted molar refractivity (Wildman–Crippen MR) is 80.0 cm³/mol. The first-order valence-electron chi connectivity index (χ1n) is 6.02. The SMILES string of the molecule is NC(Cc1ccc(O)cc1)Cc1c(Cl)cccc1Cl. The quantitative estimate of drug-likeness (QED) is 0.901. The molecule has 2 nitrogen and oxygen atoms in total. The van der Waals surface area contributed by atoms with E-state index in [2.05, 4.69) is 0 Å². The summed E-state index contributed by atoms with van der Waals surface area (Å²) in [4.78, 5) is 0. The Balaban J connectivity index is 2.05. The largest absolute Gasteiger partial charge is 0.508 e. The molecule has 0 saturated heterocycles. The second-order valence-electron chi connectivity index (χ2n) is 4.53. The standard InChI is InChI=1S/C15H15Cl2NO/c16-14-2-1-3-15(17)13(14)9-11(18)8-10-4-6-12(19)7-5-10/h1-7,11,19H,8-9,18H2. The number of benzene rings is 2. The van der Waals surface area contributed by atoms with Gasteiger partial charge in [-0.05, 0) is 48.2 Å². The lowest BCUT2D eigenvalue weighted by molar-refractivity contribution is 0.475. The molecule has 1 atom stereocenters. The third-order valence-corrected chi connectivity index (χ3v) is 3.67. The van der Waals surface area contributed by atoms with E-state index >= 15 is 0 Å². The fourth-order valence-corrected chi connectivity index (χ4v) is 2.55. The number of phenolic OH excluding ortho intramolecular Hbond substituents is 1. The molecule has 0 radical (unpaired) electrons. The molecule has 0 aliphatic carbocycles. The van der Waals surface area contributed by atoms with Crippen molar-refractivity contribution in [3.63, 3.8) is 0 Å². The lowest BCUT2D eigenvalue weighted by Gasteiger charge is -2.14. The summed E-state index contributed by atoms with van der Waals surface area (Å²) in [6.45, 7) is 0. The van der Waals surface area contributed by atoms with Gasteiger partial charge in [0.15, 0.2) is 0 Å². The van der Waals surface area contributed by atoms with E-state index in [1.165, 1.54) is 0 Å². The van der Waals surface area contributed by atoms with Crippen molar-refractivity contribution in [2.75, 3.05) is 0 Å². The third-order valence-electron chi connectivity index (χ3n) is 2.96. The van der Waals surface area contributed by atoms with Crippen molar-refractivity contribution in [2.24, 2.45) is 5.73 Å². The van der Waals surface area contributed by atoms with Gasteiger partial charge in [0.2, 0.25) is 0 Å². The van der Waals surface area contributed by atoms with Crippen LogP contribution in [0.4, 0.5) is 0 Å². The van der Waals surface area contributed by atoms with Crippen LogP contribution in [0.2, 0.25) is 10.0 Å². The van der Waals surface area contributed by atoms with Crippen LogP contribution in [0.5, 0.6) is 5.75 Å². The zero-order chi connectivity index (χ0) is 13.8. The van der Waals surface area contributed by atoms with Gasteiger partial charge in [0, 0.05) is 16.1 Å². The maximum atomic E-state index is 9.23. The van der Waals surface area contributed by atoms with Crippen molar-refractivity contribution in [1.29, 1.82) is 0 Å². The van der Waals surface area contributed by atoms with Gasteiger partial charge in [0.1, 0.15) is 5.75 Å². The smallest absolute Gasteiger partial charge is 0.115 e. The van der Waals surface area contributed by atoms with Gasteiger partial charge in [-0.1, -0.05) is 41.4 Å². The summed E-state index contributed by atoms with van der Waals surface area (Å²) in [7, 11) is 0. The van der Waals surface area contributed by atoms with Crippen LogP contribution in [0.1, 0.15) is 11.1 Å². The van der Waals surface area contributed by atoms with Crippen molar-refractivity contribution < 1.29 is 5.11 Å². The Morgan fingerprint density at radius 3 is 2.11 bits per heavy atom. The summed E-state index contributed by atoms with van der Waals surface area (Å²) in [5, 5.41) is 10.5. The Hall–Kier alpha value is -1.22. The number of nitrogens with two attached hydrogens (primary N) is 1. The molecule has 0 aliphatic rings. The molecular weight excluding hydrogens is 281 g/mol. The minimum absolute atomic E-state index is 0.0676. The Bertz CT molecular complexity index is 534. The summed E-state index contributed by atoms with van der Waals surface area (Å²) in [6.07, 6.45) is 1.33. The highest BCUT2D eigenvalue weighted by Gasteiger charge is 2.11. The number of phenols is 1. The summed E-state index contributed by atoms with van der Waals surface area (Å²) in [5.74, 6) is 0.256. The highest BCUT2D eigenvalue weighted by atomic mass is 35.5. The summed E-state index contributed by atoms with van der Waals surface area (Å²) in [5.41, 5.74) is 8.10. The maximum absolute atomic E-state index is 9.23. The monoisotopic (exact) mass is 295 g/mol. The number of aromatic hydroxyl groups is 1. The van der Waals surface area contributed by atoms with Gasteiger partial charge in [-0.2, -0.15) is 0 Å². The lowest BCUT2D eigenvalue weighted by Crippen LogP contribution is -2.25.